The second kappa shape index (κ2) is 4.40. The molecular formula is C19H18N2O2. The molecule has 4 aliphatic carbocycles. The van der Waals surface area contributed by atoms with E-state index in [2.05, 4.69) is 17.3 Å². The molecule has 0 unspecified atom stereocenters. The number of hydrogen-bond donors (Lipinski definition) is 0. The Morgan fingerprint density at radius 2 is 1.57 bits per heavy atom. The Balaban J connectivity index is 1.44. The maximum absolute atomic E-state index is 12.7. The van der Waals surface area contributed by atoms with Crippen LogP contribution in [0.4, 0.5) is 0 Å². The third-order valence-corrected chi connectivity index (χ3v) is 6.04. The van der Waals surface area contributed by atoms with Crippen molar-refractivity contribution in [1.82, 2.24) is 5.01 Å². The second-order valence-corrected chi connectivity index (χ2v) is 7.30. The van der Waals surface area contributed by atoms with Gasteiger partial charge in [0.1, 0.15) is 0 Å². The van der Waals surface area contributed by atoms with Crippen LogP contribution in [0.5, 0.6) is 0 Å². The Kier molecular flexibility index (Phi) is 2.53. The number of imide groups is 1. The number of allylic oxidation sites excluding steroid dienone is 2. The van der Waals surface area contributed by atoms with Crippen molar-refractivity contribution in [2.75, 3.05) is 0 Å². The lowest BCUT2D eigenvalue weighted by Gasteiger charge is -2.37. The van der Waals surface area contributed by atoms with E-state index in [9.17, 15) is 9.59 Å². The van der Waals surface area contributed by atoms with Crippen molar-refractivity contribution >= 4 is 18.0 Å². The Morgan fingerprint density at radius 3 is 2.13 bits per heavy atom. The molecule has 2 bridgehead atoms. The molecule has 2 saturated carbocycles. The SMILES string of the molecule is Cc1ccc(/C=N\N2C(=O)[C@@H]3[C@H]4C=C[C@@H]([C@@H]5C[C@@H]45)[C@H]3C2=O)cc1. The third kappa shape index (κ3) is 1.75. The number of carbonyl (C=O) groups excluding carboxylic acids is 2. The lowest BCUT2D eigenvalue weighted by Crippen LogP contribution is -2.40. The minimum Gasteiger partial charge on any atom is -0.272 e. The molecule has 0 aromatic heterocycles. The summed E-state index contributed by atoms with van der Waals surface area (Å²) in [5.74, 6) is 1.22. The van der Waals surface area contributed by atoms with Gasteiger partial charge in [-0.25, -0.2) is 0 Å². The number of hydrazone groups is 1. The normalized spacial score (nSPS) is 40.0. The van der Waals surface area contributed by atoms with E-state index < -0.39 is 0 Å². The van der Waals surface area contributed by atoms with Crippen LogP contribution >= 0.6 is 0 Å². The van der Waals surface area contributed by atoms with E-state index in [0.717, 1.165) is 10.6 Å². The first-order valence-corrected chi connectivity index (χ1v) is 8.32. The van der Waals surface area contributed by atoms with Crippen molar-refractivity contribution in [3.63, 3.8) is 0 Å². The molecule has 4 heteroatoms. The quantitative estimate of drug-likeness (QED) is 0.478. The Hall–Kier alpha value is -2.23. The molecule has 1 aliphatic heterocycles. The summed E-state index contributed by atoms with van der Waals surface area (Å²) in [5, 5.41) is 5.36. The summed E-state index contributed by atoms with van der Waals surface area (Å²) in [7, 11) is 0. The highest BCUT2D eigenvalue weighted by molar-refractivity contribution is 6.06. The average Bonchev–Trinajstić information content (AvgIpc) is 3.33. The molecule has 23 heavy (non-hydrogen) atoms. The fourth-order valence-electron chi connectivity index (χ4n) is 4.83. The summed E-state index contributed by atoms with van der Waals surface area (Å²) in [6.07, 6.45) is 7.15. The highest BCUT2D eigenvalue weighted by Gasteiger charge is 2.67. The van der Waals surface area contributed by atoms with Gasteiger partial charge in [0.2, 0.25) is 0 Å². The van der Waals surface area contributed by atoms with Crippen LogP contribution in [0.15, 0.2) is 41.5 Å². The maximum Gasteiger partial charge on any atom is 0.254 e. The van der Waals surface area contributed by atoms with Gasteiger partial charge in [0, 0.05) is 0 Å². The van der Waals surface area contributed by atoms with Crippen LogP contribution in [0.25, 0.3) is 0 Å². The van der Waals surface area contributed by atoms with E-state index >= 15 is 0 Å². The minimum absolute atomic E-state index is 0.104. The van der Waals surface area contributed by atoms with Gasteiger partial charge in [-0.2, -0.15) is 10.1 Å². The van der Waals surface area contributed by atoms with Gasteiger partial charge in [-0.15, -0.1) is 0 Å². The molecule has 6 rings (SSSR count). The van der Waals surface area contributed by atoms with Crippen LogP contribution in [0.1, 0.15) is 17.5 Å². The van der Waals surface area contributed by atoms with Crippen LogP contribution in [0.3, 0.4) is 0 Å². The second-order valence-electron chi connectivity index (χ2n) is 7.30. The van der Waals surface area contributed by atoms with Crippen molar-refractivity contribution in [2.45, 2.75) is 13.3 Å². The lowest BCUT2D eigenvalue weighted by atomic mass is 9.63. The molecule has 1 heterocycles. The molecule has 0 spiro atoms. The fourth-order valence-corrected chi connectivity index (χ4v) is 4.83. The predicted molar refractivity (Wildman–Crippen MR) is 85.3 cm³/mol. The lowest BCUT2D eigenvalue weighted by molar-refractivity contribution is -0.140. The van der Waals surface area contributed by atoms with Gasteiger partial charge in [0.05, 0.1) is 18.1 Å². The number of benzene rings is 1. The average molecular weight is 306 g/mol. The predicted octanol–water partition coefficient (Wildman–Crippen LogP) is 2.38. The van der Waals surface area contributed by atoms with Gasteiger partial charge in [-0.05, 0) is 42.6 Å². The highest BCUT2D eigenvalue weighted by Crippen LogP contribution is 2.65. The van der Waals surface area contributed by atoms with Gasteiger partial charge in [-0.1, -0.05) is 42.0 Å². The first-order valence-electron chi connectivity index (χ1n) is 8.32. The first-order chi connectivity index (χ1) is 11.1. The number of nitrogens with zero attached hydrogens (tertiary/aromatic N) is 2. The third-order valence-electron chi connectivity index (χ3n) is 6.04. The van der Waals surface area contributed by atoms with Crippen LogP contribution in [0.2, 0.25) is 0 Å². The number of aryl methyl sites for hydroxylation is 1. The number of hydrogen-bond acceptors (Lipinski definition) is 3. The minimum atomic E-state index is -0.170. The van der Waals surface area contributed by atoms with Crippen molar-refractivity contribution in [3.05, 3.63) is 47.5 Å². The largest absolute Gasteiger partial charge is 0.272 e. The summed E-state index contributed by atoms with van der Waals surface area (Å²) < 4.78 is 0. The first kappa shape index (κ1) is 13.2. The molecule has 0 radical (unpaired) electrons. The van der Waals surface area contributed by atoms with Gasteiger partial charge >= 0.3 is 0 Å². The van der Waals surface area contributed by atoms with Gasteiger partial charge < -0.3 is 0 Å². The smallest absolute Gasteiger partial charge is 0.254 e. The standard InChI is InChI=1S/C19H18N2O2/c1-10-2-4-11(5-3-10)9-20-21-18(22)16-12-6-7-13(15-8-14(12)15)17(16)19(21)23/h2-7,9,12-17H,8H2,1H3/b20-9-/t12-,13-,14-,15-,16+,17+/m0/s1. The molecule has 3 fully saturated rings. The monoisotopic (exact) mass is 306 g/mol. The molecule has 6 atom stereocenters. The van der Waals surface area contributed by atoms with E-state index in [1.165, 1.54) is 12.0 Å². The molecule has 0 N–H and O–H groups in total. The summed E-state index contributed by atoms with van der Waals surface area (Å²) in [5.41, 5.74) is 2.07. The van der Waals surface area contributed by atoms with Gasteiger partial charge in [0.25, 0.3) is 11.8 Å². The Bertz CT molecular complexity index is 728. The molecule has 1 aromatic rings. The van der Waals surface area contributed by atoms with Gasteiger partial charge in [-0.3, -0.25) is 9.59 Å². The Labute approximate surface area is 134 Å². The topological polar surface area (TPSA) is 49.7 Å². The van der Waals surface area contributed by atoms with Gasteiger partial charge in [0.15, 0.2) is 0 Å². The zero-order valence-corrected chi connectivity index (χ0v) is 12.9. The summed E-state index contributed by atoms with van der Waals surface area (Å²) in [6.45, 7) is 2.02. The van der Waals surface area contributed by atoms with Crippen LogP contribution in [-0.2, 0) is 9.59 Å². The van der Waals surface area contributed by atoms with Crippen molar-refractivity contribution in [1.29, 1.82) is 0 Å². The number of amides is 2. The molecule has 2 amide bonds. The summed E-state index contributed by atoms with van der Waals surface area (Å²) in [4.78, 5) is 25.5. The molecule has 1 saturated heterocycles. The number of carbonyl (C=O) groups is 2. The Morgan fingerprint density at radius 1 is 1.00 bits per heavy atom. The van der Waals surface area contributed by atoms with Crippen molar-refractivity contribution < 1.29 is 9.59 Å². The molecule has 4 nitrogen and oxygen atoms in total. The van der Waals surface area contributed by atoms with Crippen LogP contribution in [-0.4, -0.2) is 23.0 Å². The van der Waals surface area contributed by atoms with E-state index in [1.807, 2.05) is 31.2 Å². The van der Waals surface area contributed by atoms with Crippen LogP contribution in [0, 0.1) is 42.4 Å². The molecule has 5 aliphatic rings. The van der Waals surface area contributed by atoms with E-state index in [0.29, 0.717) is 11.8 Å². The maximum atomic E-state index is 12.7. The summed E-state index contributed by atoms with van der Waals surface area (Å²) in [6, 6.07) is 7.87. The number of rotatable bonds is 2. The van der Waals surface area contributed by atoms with E-state index in [1.54, 1.807) is 6.21 Å². The fraction of sp³-hybridized carbons (Fsp3) is 0.421. The summed E-state index contributed by atoms with van der Waals surface area (Å²) >= 11 is 0. The highest BCUT2D eigenvalue weighted by atomic mass is 16.2. The van der Waals surface area contributed by atoms with Crippen molar-refractivity contribution in [2.24, 2.45) is 40.6 Å². The van der Waals surface area contributed by atoms with Crippen molar-refractivity contribution in [3.8, 4) is 0 Å². The zero-order valence-electron chi connectivity index (χ0n) is 12.9. The zero-order chi connectivity index (χ0) is 15.7. The van der Waals surface area contributed by atoms with E-state index in [4.69, 9.17) is 0 Å². The molecule has 116 valence electrons. The molecular weight excluding hydrogens is 288 g/mol. The van der Waals surface area contributed by atoms with Crippen LogP contribution < -0.4 is 0 Å². The van der Waals surface area contributed by atoms with E-state index in [-0.39, 0.29) is 35.5 Å². The molecule has 1 aromatic carbocycles.